The van der Waals surface area contributed by atoms with Crippen LogP contribution in [0.5, 0.6) is 0 Å². The first-order chi connectivity index (χ1) is 11.0. The van der Waals surface area contributed by atoms with Crippen molar-refractivity contribution in [3.8, 4) is 0 Å². The van der Waals surface area contributed by atoms with Gasteiger partial charge in [-0.05, 0) is 37.0 Å². The van der Waals surface area contributed by atoms with E-state index in [0.717, 1.165) is 11.4 Å². The number of hydrogen-bond donors (Lipinski definition) is 2. The van der Waals surface area contributed by atoms with Crippen molar-refractivity contribution >= 4 is 23.6 Å². The van der Waals surface area contributed by atoms with Crippen LogP contribution in [0.2, 0.25) is 0 Å². The Kier molecular flexibility index (Phi) is 4.27. The Labute approximate surface area is 133 Å². The fourth-order valence-corrected chi connectivity index (χ4v) is 3.19. The van der Waals surface area contributed by atoms with Crippen molar-refractivity contribution in [2.24, 2.45) is 5.92 Å². The molecule has 0 aromatic carbocycles. The topological polar surface area (TPSA) is 99.6 Å². The molecule has 1 aromatic heterocycles. The quantitative estimate of drug-likeness (QED) is 0.804. The molecular weight excluding hydrogens is 298 g/mol. The highest BCUT2D eigenvalue weighted by molar-refractivity contribution is 6.00. The average Bonchev–Trinajstić information content (AvgIpc) is 2.55. The highest BCUT2D eigenvalue weighted by Gasteiger charge is 2.29. The second-order valence-corrected chi connectivity index (χ2v) is 6.05. The van der Waals surface area contributed by atoms with Gasteiger partial charge in [-0.15, -0.1) is 0 Å². The summed E-state index contributed by atoms with van der Waals surface area (Å²) in [5.74, 6) is -1.08. The van der Waals surface area contributed by atoms with Crippen LogP contribution < -0.4 is 10.2 Å². The molecule has 2 saturated heterocycles. The third-order valence-electron chi connectivity index (χ3n) is 4.58. The van der Waals surface area contributed by atoms with Crippen LogP contribution >= 0.6 is 0 Å². The number of nitrogens with one attached hydrogen (secondary N) is 1. The Morgan fingerprint density at radius 1 is 1.26 bits per heavy atom. The first-order valence-electron chi connectivity index (χ1n) is 7.82. The Balaban J connectivity index is 1.72. The second-order valence-electron chi connectivity index (χ2n) is 6.05. The van der Waals surface area contributed by atoms with Crippen molar-refractivity contribution in [3.05, 3.63) is 23.9 Å². The van der Waals surface area contributed by atoms with Gasteiger partial charge in [-0.3, -0.25) is 19.7 Å². The summed E-state index contributed by atoms with van der Waals surface area (Å²) in [5, 5.41) is 11.4. The standard InChI is InChI=1S/C16H19N3O4/c20-14-2-1-12(15(21)18-14)11-3-6-17-13(9-11)19-7-4-10(5-8-19)16(22)23/h3,6,9-10,12H,1-2,4-5,7-8H2,(H,22,23)(H,18,20,21). The maximum atomic E-state index is 12.0. The molecular formula is C16H19N3O4. The number of anilines is 1. The lowest BCUT2D eigenvalue weighted by Crippen LogP contribution is -2.39. The Morgan fingerprint density at radius 3 is 2.65 bits per heavy atom. The van der Waals surface area contributed by atoms with E-state index >= 15 is 0 Å². The number of carbonyl (C=O) groups excluding carboxylic acids is 2. The van der Waals surface area contributed by atoms with Crippen molar-refractivity contribution in [2.75, 3.05) is 18.0 Å². The van der Waals surface area contributed by atoms with Gasteiger partial charge in [0.2, 0.25) is 11.8 Å². The minimum Gasteiger partial charge on any atom is -0.481 e. The van der Waals surface area contributed by atoms with Gasteiger partial charge in [0, 0.05) is 25.7 Å². The van der Waals surface area contributed by atoms with Crippen molar-refractivity contribution in [2.45, 2.75) is 31.6 Å². The SMILES string of the molecule is O=C1CCC(c2ccnc(N3CCC(C(=O)O)CC3)c2)C(=O)N1. The molecule has 1 unspecified atom stereocenters. The van der Waals surface area contributed by atoms with E-state index in [1.807, 2.05) is 6.07 Å². The van der Waals surface area contributed by atoms with Gasteiger partial charge in [0.1, 0.15) is 5.82 Å². The Hall–Kier alpha value is -2.44. The van der Waals surface area contributed by atoms with Gasteiger partial charge in [0.05, 0.1) is 11.8 Å². The third kappa shape index (κ3) is 3.33. The van der Waals surface area contributed by atoms with E-state index in [1.165, 1.54) is 0 Å². The van der Waals surface area contributed by atoms with E-state index in [1.54, 1.807) is 12.3 Å². The molecule has 2 aliphatic rings. The summed E-state index contributed by atoms with van der Waals surface area (Å²) in [6.07, 6.45) is 3.71. The molecule has 23 heavy (non-hydrogen) atoms. The number of pyridine rings is 1. The van der Waals surface area contributed by atoms with Gasteiger partial charge in [-0.25, -0.2) is 4.98 Å². The van der Waals surface area contributed by atoms with E-state index in [0.29, 0.717) is 38.8 Å². The van der Waals surface area contributed by atoms with Crippen LogP contribution in [0.15, 0.2) is 18.3 Å². The summed E-state index contributed by atoms with van der Waals surface area (Å²) in [4.78, 5) is 40.6. The zero-order valence-electron chi connectivity index (χ0n) is 12.7. The van der Waals surface area contributed by atoms with Crippen LogP contribution in [-0.4, -0.2) is 41.0 Å². The summed E-state index contributed by atoms with van der Waals surface area (Å²) in [6.45, 7) is 1.28. The van der Waals surface area contributed by atoms with Crippen molar-refractivity contribution in [1.82, 2.24) is 10.3 Å². The number of imide groups is 1. The van der Waals surface area contributed by atoms with Crippen LogP contribution in [0.3, 0.4) is 0 Å². The molecule has 0 bridgehead atoms. The number of aliphatic carboxylic acids is 1. The Morgan fingerprint density at radius 2 is 2.00 bits per heavy atom. The van der Waals surface area contributed by atoms with Gasteiger partial charge >= 0.3 is 5.97 Å². The molecule has 2 aliphatic heterocycles. The molecule has 2 fully saturated rings. The number of nitrogens with zero attached hydrogens (tertiary/aromatic N) is 2. The molecule has 1 atom stereocenters. The molecule has 0 aliphatic carbocycles. The molecule has 0 radical (unpaired) electrons. The van der Waals surface area contributed by atoms with Crippen LogP contribution in [0.4, 0.5) is 5.82 Å². The molecule has 3 rings (SSSR count). The van der Waals surface area contributed by atoms with Gasteiger partial charge in [0.15, 0.2) is 0 Å². The summed E-state index contributed by atoms with van der Waals surface area (Å²) < 4.78 is 0. The molecule has 7 heteroatoms. The molecule has 3 heterocycles. The number of carboxylic acid groups (broad SMARTS) is 1. The number of carbonyl (C=O) groups is 3. The second kappa shape index (κ2) is 6.36. The van der Waals surface area contributed by atoms with Crippen molar-refractivity contribution in [3.63, 3.8) is 0 Å². The maximum absolute atomic E-state index is 12.0. The first kappa shape index (κ1) is 15.5. The van der Waals surface area contributed by atoms with Crippen LogP contribution in [-0.2, 0) is 14.4 Å². The van der Waals surface area contributed by atoms with E-state index in [4.69, 9.17) is 5.11 Å². The molecule has 0 saturated carbocycles. The first-order valence-corrected chi connectivity index (χ1v) is 7.82. The molecule has 7 nitrogen and oxygen atoms in total. The normalized spacial score (nSPS) is 22.8. The van der Waals surface area contributed by atoms with Crippen LogP contribution in [0.25, 0.3) is 0 Å². The monoisotopic (exact) mass is 317 g/mol. The van der Waals surface area contributed by atoms with E-state index in [-0.39, 0.29) is 23.7 Å². The van der Waals surface area contributed by atoms with Crippen LogP contribution in [0, 0.1) is 5.92 Å². The molecule has 122 valence electrons. The largest absolute Gasteiger partial charge is 0.481 e. The maximum Gasteiger partial charge on any atom is 0.306 e. The lowest BCUT2D eigenvalue weighted by molar-refractivity contribution is -0.142. The zero-order valence-corrected chi connectivity index (χ0v) is 12.7. The lowest BCUT2D eigenvalue weighted by atomic mass is 9.91. The van der Waals surface area contributed by atoms with Gasteiger partial charge in [-0.2, -0.15) is 0 Å². The molecule has 0 spiro atoms. The molecule has 2 amide bonds. The lowest BCUT2D eigenvalue weighted by Gasteiger charge is -2.31. The smallest absolute Gasteiger partial charge is 0.306 e. The number of rotatable bonds is 3. The predicted molar refractivity (Wildman–Crippen MR) is 81.9 cm³/mol. The summed E-state index contributed by atoms with van der Waals surface area (Å²) in [7, 11) is 0. The highest BCUT2D eigenvalue weighted by Crippen LogP contribution is 2.28. The zero-order chi connectivity index (χ0) is 16.4. The minimum absolute atomic E-state index is 0.226. The fraction of sp³-hybridized carbons (Fsp3) is 0.500. The van der Waals surface area contributed by atoms with Crippen molar-refractivity contribution < 1.29 is 19.5 Å². The van der Waals surface area contributed by atoms with E-state index in [2.05, 4.69) is 15.2 Å². The number of aromatic nitrogens is 1. The highest BCUT2D eigenvalue weighted by atomic mass is 16.4. The number of amides is 2. The minimum atomic E-state index is -0.741. The number of hydrogen-bond acceptors (Lipinski definition) is 5. The average molecular weight is 317 g/mol. The fourth-order valence-electron chi connectivity index (χ4n) is 3.19. The van der Waals surface area contributed by atoms with Gasteiger partial charge in [0.25, 0.3) is 0 Å². The summed E-state index contributed by atoms with van der Waals surface area (Å²) in [6, 6.07) is 3.68. The number of carboxylic acids is 1. The van der Waals surface area contributed by atoms with Crippen molar-refractivity contribution in [1.29, 1.82) is 0 Å². The van der Waals surface area contributed by atoms with Crippen LogP contribution in [0.1, 0.15) is 37.2 Å². The molecule has 2 N–H and O–H groups in total. The summed E-state index contributed by atoms with van der Waals surface area (Å²) >= 11 is 0. The summed E-state index contributed by atoms with van der Waals surface area (Å²) in [5.41, 5.74) is 0.848. The van der Waals surface area contributed by atoms with Gasteiger partial charge < -0.3 is 10.0 Å². The predicted octanol–water partition coefficient (Wildman–Crippen LogP) is 0.903. The third-order valence-corrected chi connectivity index (χ3v) is 4.58. The Bertz CT molecular complexity index is 638. The number of piperidine rings is 2. The van der Waals surface area contributed by atoms with E-state index in [9.17, 15) is 14.4 Å². The molecule has 1 aromatic rings. The van der Waals surface area contributed by atoms with Gasteiger partial charge in [-0.1, -0.05) is 0 Å². The van der Waals surface area contributed by atoms with E-state index < -0.39 is 5.97 Å².